The molecule has 1 saturated heterocycles. The quantitative estimate of drug-likeness (QED) is 0.508. The SMILES string of the molecule is CC(C)(C)OB1CCCC1. The van der Waals surface area contributed by atoms with Crippen LogP contribution >= 0.6 is 0 Å². The van der Waals surface area contributed by atoms with Gasteiger partial charge in [0, 0.05) is 5.60 Å². The number of hydrogen-bond acceptors (Lipinski definition) is 1. The van der Waals surface area contributed by atoms with Crippen LogP contribution in [0.1, 0.15) is 33.6 Å². The Kier molecular flexibility index (Phi) is 2.40. The normalized spacial score (nSPS) is 20.1. The summed E-state index contributed by atoms with van der Waals surface area (Å²) in [5.41, 5.74) is 0.0645. The first-order valence-corrected chi connectivity index (χ1v) is 4.26. The first kappa shape index (κ1) is 8.12. The second-order valence-corrected chi connectivity index (χ2v) is 4.14. The molecule has 10 heavy (non-hydrogen) atoms. The highest BCUT2D eigenvalue weighted by atomic mass is 16.5. The second-order valence-electron chi connectivity index (χ2n) is 4.14. The van der Waals surface area contributed by atoms with Crippen LogP contribution in [0.3, 0.4) is 0 Å². The minimum absolute atomic E-state index is 0.0645. The van der Waals surface area contributed by atoms with Gasteiger partial charge in [0.25, 0.3) is 6.92 Å². The summed E-state index contributed by atoms with van der Waals surface area (Å²) < 4.78 is 5.80. The molecule has 0 unspecified atom stereocenters. The Morgan fingerprint density at radius 3 is 2.00 bits per heavy atom. The van der Waals surface area contributed by atoms with E-state index in [1.54, 1.807) is 0 Å². The van der Waals surface area contributed by atoms with Gasteiger partial charge in [-0.2, -0.15) is 0 Å². The molecular formula is C8H17BO. The Bertz CT molecular complexity index is 100. The van der Waals surface area contributed by atoms with E-state index < -0.39 is 0 Å². The van der Waals surface area contributed by atoms with Gasteiger partial charge in [0.15, 0.2) is 0 Å². The molecule has 0 aromatic carbocycles. The zero-order chi connectivity index (χ0) is 7.61. The van der Waals surface area contributed by atoms with E-state index in [9.17, 15) is 0 Å². The Morgan fingerprint density at radius 1 is 1.10 bits per heavy atom. The summed E-state index contributed by atoms with van der Waals surface area (Å²) >= 11 is 0. The first-order chi connectivity index (χ1) is 4.58. The molecule has 0 amide bonds. The van der Waals surface area contributed by atoms with Gasteiger partial charge in [-0.3, -0.25) is 0 Å². The summed E-state index contributed by atoms with van der Waals surface area (Å²) in [6, 6.07) is 0. The zero-order valence-corrected chi connectivity index (χ0v) is 7.31. The molecule has 0 atom stereocenters. The standard InChI is InChI=1S/C8H17BO/c1-8(2,3)10-9-6-4-5-7-9/h4-7H2,1-3H3. The maximum atomic E-state index is 5.80. The van der Waals surface area contributed by atoms with E-state index >= 15 is 0 Å². The molecule has 0 aromatic rings. The fourth-order valence-electron chi connectivity index (χ4n) is 1.51. The van der Waals surface area contributed by atoms with Crippen molar-refractivity contribution in [2.45, 2.75) is 51.9 Å². The van der Waals surface area contributed by atoms with Crippen molar-refractivity contribution >= 4 is 6.92 Å². The van der Waals surface area contributed by atoms with E-state index in [4.69, 9.17) is 4.65 Å². The lowest BCUT2D eigenvalue weighted by Gasteiger charge is -2.23. The van der Waals surface area contributed by atoms with E-state index in [1.807, 2.05) is 0 Å². The monoisotopic (exact) mass is 140 g/mol. The molecule has 0 bridgehead atoms. The molecule has 1 aliphatic rings. The van der Waals surface area contributed by atoms with Gasteiger partial charge in [0.05, 0.1) is 0 Å². The van der Waals surface area contributed by atoms with Crippen molar-refractivity contribution in [2.24, 2.45) is 0 Å². The molecule has 1 rings (SSSR count). The van der Waals surface area contributed by atoms with Gasteiger partial charge in [0.2, 0.25) is 0 Å². The lowest BCUT2D eigenvalue weighted by atomic mass is 9.66. The molecule has 1 aliphatic heterocycles. The van der Waals surface area contributed by atoms with Crippen LogP contribution < -0.4 is 0 Å². The van der Waals surface area contributed by atoms with E-state index in [-0.39, 0.29) is 5.60 Å². The van der Waals surface area contributed by atoms with Crippen molar-refractivity contribution in [3.05, 3.63) is 0 Å². The highest BCUT2D eigenvalue weighted by Crippen LogP contribution is 2.23. The Morgan fingerprint density at radius 2 is 1.60 bits per heavy atom. The van der Waals surface area contributed by atoms with Gasteiger partial charge in [0.1, 0.15) is 0 Å². The summed E-state index contributed by atoms with van der Waals surface area (Å²) in [7, 11) is 0. The molecule has 58 valence electrons. The minimum Gasteiger partial charge on any atom is -0.432 e. The molecular weight excluding hydrogens is 123 g/mol. The molecule has 0 saturated carbocycles. The largest absolute Gasteiger partial charge is 0.432 e. The molecule has 0 aliphatic carbocycles. The van der Waals surface area contributed by atoms with Crippen LogP contribution in [0.5, 0.6) is 0 Å². The van der Waals surface area contributed by atoms with Crippen LogP contribution in [0.4, 0.5) is 0 Å². The molecule has 1 nitrogen and oxygen atoms in total. The predicted molar refractivity (Wildman–Crippen MR) is 45.4 cm³/mol. The fraction of sp³-hybridized carbons (Fsp3) is 1.00. The lowest BCUT2D eigenvalue weighted by Crippen LogP contribution is -2.28. The minimum atomic E-state index is 0.0645. The molecule has 0 N–H and O–H groups in total. The summed E-state index contributed by atoms with van der Waals surface area (Å²) in [4.78, 5) is 0. The van der Waals surface area contributed by atoms with Crippen LogP contribution in [0.15, 0.2) is 0 Å². The topological polar surface area (TPSA) is 9.23 Å². The van der Waals surface area contributed by atoms with Crippen molar-refractivity contribution in [3.63, 3.8) is 0 Å². The summed E-state index contributed by atoms with van der Waals surface area (Å²) in [5, 5.41) is 0. The molecule has 0 spiro atoms. The van der Waals surface area contributed by atoms with Crippen LogP contribution in [-0.2, 0) is 4.65 Å². The maximum Gasteiger partial charge on any atom is 0.293 e. The smallest absolute Gasteiger partial charge is 0.293 e. The van der Waals surface area contributed by atoms with Crippen molar-refractivity contribution < 1.29 is 4.65 Å². The van der Waals surface area contributed by atoms with E-state index in [0.29, 0.717) is 6.92 Å². The average molecular weight is 140 g/mol. The van der Waals surface area contributed by atoms with Crippen LogP contribution in [-0.4, -0.2) is 12.5 Å². The van der Waals surface area contributed by atoms with E-state index in [1.165, 1.54) is 25.5 Å². The van der Waals surface area contributed by atoms with E-state index in [2.05, 4.69) is 20.8 Å². The average Bonchev–Trinajstić information content (AvgIpc) is 2.12. The number of rotatable bonds is 1. The highest BCUT2D eigenvalue weighted by molar-refractivity contribution is 6.52. The third-order valence-corrected chi connectivity index (χ3v) is 1.82. The van der Waals surface area contributed by atoms with Gasteiger partial charge in [-0.05, 0) is 33.4 Å². The Balaban J connectivity index is 2.24. The van der Waals surface area contributed by atoms with Crippen LogP contribution in [0, 0.1) is 0 Å². The third kappa shape index (κ3) is 2.74. The Labute approximate surface area is 64.3 Å². The van der Waals surface area contributed by atoms with Gasteiger partial charge < -0.3 is 4.65 Å². The Hall–Kier alpha value is 0.0249. The fourth-order valence-corrected chi connectivity index (χ4v) is 1.51. The molecule has 1 heterocycles. The van der Waals surface area contributed by atoms with Gasteiger partial charge in [-0.15, -0.1) is 0 Å². The molecule has 2 heteroatoms. The second kappa shape index (κ2) is 2.95. The number of hydrogen-bond donors (Lipinski definition) is 0. The summed E-state index contributed by atoms with van der Waals surface area (Å²) in [5.74, 6) is 0. The summed E-state index contributed by atoms with van der Waals surface area (Å²) in [6.07, 6.45) is 5.27. The van der Waals surface area contributed by atoms with Crippen molar-refractivity contribution in [1.82, 2.24) is 0 Å². The molecule has 0 aromatic heterocycles. The maximum absolute atomic E-state index is 5.80. The molecule has 1 fully saturated rings. The first-order valence-electron chi connectivity index (χ1n) is 4.26. The molecule has 0 radical (unpaired) electrons. The highest BCUT2D eigenvalue weighted by Gasteiger charge is 2.25. The van der Waals surface area contributed by atoms with Crippen molar-refractivity contribution in [3.8, 4) is 0 Å². The van der Waals surface area contributed by atoms with E-state index in [0.717, 1.165) is 0 Å². The van der Waals surface area contributed by atoms with Gasteiger partial charge in [-0.1, -0.05) is 12.8 Å². The van der Waals surface area contributed by atoms with Crippen molar-refractivity contribution in [1.29, 1.82) is 0 Å². The van der Waals surface area contributed by atoms with Gasteiger partial charge in [-0.25, -0.2) is 0 Å². The van der Waals surface area contributed by atoms with Crippen molar-refractivity contribution in [2.75, 3.05) is 0 Å². The van der Waals surface area contributed by atoms with Crippen LogP contribution in [0.25, 0.3) is 0 Å². The zero-order valence-electron chi connectivity index (χ0n) is 7.31. The lowest BCUT2D eigenvalue weighted by molar-refractivity contribution is 0.129. The third-order valence-electron chi connectivity index (χ3n) is 1.82. The van der Waals surface area contributed by atoms with Crippen LogP contribution in [0.2, 0.25) is 12.6 Å². The summed E-state index contributed by atoms with van der Waals surface area (Å²) in [6.45, 7) is 6.95. The van der Waals surface area contributed by atoms with Gasteiger partial charge >= 0.3 is 0 Å². The predicted octanol–water partition coefficient (Wildman–Crippen LogP) is 2.59.